The molecule has 6 rings (SSSR count). The Labute approximate surface area is 213 Å². The molecule has 0 aliphatic carbocycles. The number of carbonyl (C=O) groups excluding carboxylic acids is 1. The first-order valence-electron chi connectivity index (χ1n) is 12.9. The number of nitrogens with one attached hydrogen (secondary N) is 1. The van der Waals surface area contributed by atoms with Gasteiger partial charge >= 0.3 is 6.09 Å². The summed E-state index contributed by atoms with van der Waals surface area (Å²) in [5.74, 6) is 2.31. The predicted molar refractivity (Wildman–Crippen MR) is 142 cm³/mol. The molecular formula is C29H36N4O3. The van der Waals surface area contributed by atoms with E-state index in [1.54, 1.807) is 7.11 Å². The maximum atomic E-state index is 12.4. The van der Waals surface area contributed by atoms with Crippen molar-refractivity contribution in [2.45, 2.75) is 44.6 Å². The first-order chi connectivity index (χ1) is 17.4. The molecule has 3 fully saturated rings. The van der Waals surface area contributed by atoms with E-state index in [0.717, 1.165) is 42.2 Å². The van der Waals surface area contributed by atoms with Gasteiger partial charge in [0.05, 0.1) is 12.8 Å². The van der Waals surface area contributed by atoms with Gasteiger partial charge in [-0.15, -0.1) is 0 Å². The van der Waals surface area contributed by atoms with Crippen molar-refractivity contribution < 1.29 is 14.3 Å². The van der Waals surface area contributed by atoms with Crippen LogP contribution in [0.2, 0.25) is 0 Å². The van der Waals surface area contributed by atoms with Crippen molar-refractivity contribution in [2.75, 3.05) is 32.1 Å². The number of hydrogen-bond acceptors (Lipinski definition) is 5. The summed E-state index contributed by atoms with van der Waals surface area (Å²) in [4.78, 5) is 14.9. The summed E-state index contributed by atoms with van der Waals surface area (Å²) >= 11 is 0. The number of carbonyl (C=O) groups is 1. The van der Waals surface area contributed by atoms with Gasteiger partial charge in [-0.05, 0) is 79.3 Å². The van der Waals surface area contributed by atoms with Crippen LogP contribution < -0.4 is 10.1 Å². The second kappa shape index (κ2) is 10.3. The van der Waals surface area contributed by atoms with Gasteiger partial charge in [-0.2, -0.15) is 5.10 Å². The van der Waals surface area contributed by atoms with Gasteiger partial charge < -0.3 is 9.47 Å². The highest BCUT2D eigenvalue weighted by Crippen LogP contribution is 2.42. The average Bonchev–Trinajstić information content (AvgIpc) is 3.29. The third kappa shape index (κ3) is 5.12. The lowest BCUT2D eigenvalue weighted by atomic mass is 9.74. The van der Waals surface area contributed by atoms with Gasteiger partial charge in [0.25, 0.3) is 0 Å². The predicted octanol–water partition coefficient (Wildman–Crippen LogP) is 5.65. The Kier molecular flexibility index (Phi) is 7.01. The van der Waals surface area contributed by atoms with Crippen LogP contribution in [0.25, 0.3) is 11.3 Å². The maximum absolute atomic E-state index is 12.4. The Morgan fingerprint density at radius 1 is 1.14 bits per heavy atom. The number of hydrogen-bond donors (Lipinski definition) is 1. The number of amides is 1. The van der Waals surface area contributed by atoms with Gasteiger partial charge in [0, 0.05) is 42.5 Å². The minimum Gasteiger partial charge on any atom is -0.497 e. The Morgan fingerprint density at radius 2 is 1.89 bits per heavy atom. The smallest absolute Gasteiger partial charge is 0.411 e. The van der Waals surface area contributed by atoms with Crippen molar-refractivity contribution in [3.05, 3.63) is 65.9 Å². The van der Waals surface area contributed by atoms with E-state index in [0.29, 0.717) is 24.4 Å². The van der Waals surface area contributed by atoms with Crippen LogP contribution in [0.4, 0.5) is 10.5 Å². The lowest BCUT2D eigenvalue weighted by molar-refractivity contribution is -0.00222. The van der Waals surface area contributed by atoms with Crippen LogP contribution in [0.3, 0.4) is 0 Å². The zero-order chi connectivity index (χ0) is 25.2. The summed E-state index contributed by atoms with van der Waals surface area (Å²) in [5.41, 5.74) is 5.37. The highest BCUT2D eigenvalue weighted by Gasteiger charge is 2.42. The first kappa shape index (κ1) is 24.4. The maximum Gasteiger partial charge on any atom is 0.411 e. The van der Waals surface area contributed by atoms with E-state index < -0.39 is 0 Å². The van der Waals surface area contributed by atoms with Crippen LogP contribution in [-0.2, 0) is 11.8 Å². The van der Waals surface area contributed by atoms with E-state index in [1.807, 2.05) is 48.1 Å². The molecule has 1 amide bonds. The van der Waals surface area contributed by atoms with E-state index in [-0.39, 0.29) is 12.1 Å². The summed E-state index contributed by atoms with van der Waals surface area (Å²) < 4.78 is 13.0. The molecular weight excluding hydrogens is 452 g/mol. The zero-order valence-corrected chi connectivity index (χ0v) is 21.6. The van der Waals surface area contributed by atoms with Crippen molar-refractivity contribution in [1.29, 1.82) is 0 Å². The molecule has 0 spiro atoms. The fraction of sp³-hybridized carbons (Fsp3) is 0.448. The number of aryl methyl sites for hydroxylation is 1. The molecule has 7 heteroatoms. The van der Waals surface area contributed by atoms with E-state index >= 15 is 0 Å². The number of piperidine rings is 3. The van der Waals surface area contributed by atoms with Crippen molar-refractivity contribution in [2.24, 2.45) is 13.0 Å². The van der Waals surface area contributed by atoms with E-state index in [1.165, 1.54) is 17.7 Å². The molecule has 3 saturated heterocycles. The van der Waals surface area contributed by atoms with Crippen molar-refractivity contribution in [3.8, 4) is 17.0 Å². The quantitative estimate of drug-likeness (QED) is 0.466. The first-order valence-corrected chi connectivity index (χ1v) is 12.9. The van der Waals surface area contributed by atoms with Gasteiger partial charge in [0.2, 0.25) is 0 Å². The van der Waals surface area contributed by atoms with Crippen LogP contribution in [-0.4, -0.2) is 53.6 Å². The number of rotatable bonds is 7. The topological polar surface area (TPSA) is 68.6 Å². The monoisotopic (exact) mass is 488 g/mol. The summed E-state index contributed by atoms with van der Waals surface area (Å²) in [6.45, 7) is 6.75. The van der Waals surface area contributed by atoms with E-state index in [4.69, 9.17) is 14.6 Å². The number of anilines is 1. The van der Waals surface area contributed by atoms with Gasteiger partial charge in [-0.25, -0.2) is 4.79 Å². The Bertz CT molecular complexity index is 1190. The SMILES string of the molecule is COc1ccc(-c2cc([C@H]3CN4CC[C@@H]3C[C@@H]4COC(=O)Nc3ccc(C(C)C)cc3)n(C)n2)cc1. The average molecular weight is 489 g/mol. The van der Waals surface area contributed by atoms with Crippen LogP contribution in [0, 0.1) is 5.92 Å². The highest BCUT2D eigenvalue weighted by molar-refractivity contribution is 5.84. The minimum atomic E-state index is -0.387. The highest BCUT2D eigenvalue weighted by atomic mass is 16.5. The molecule has 3 aromatic rings. The Morgan fingerprint density at radius 3 is 2.53 bits per heavy atom. The molecule has 36 heavy (non-hydrogen) atoms. The van der Waals surface area contributed by atoms with Gasteiger partial charge in [-0.1, -0.05) is 26.0 Å². The van der Waals surface area contributed by atoms with Crippen LogP contribution >= 0.6 is 0 Å². The molecule has 0 radical (unpaired) electrons. The van der Waals surface area contributed by atoms with Gasteiger partial charge in [0.15, 0.2) is 0 Å². The molecule has 190 valence electrons. The standard InChI is InChI=1S/C29H36N4O3/c1-19(2)20-5-9-23(10-6-20)30-29(34)36-18-24-15-22-13-14-33(24)17-26(22)28-16-27(31-32(28)3)21-7-11-25(35-4)12-8-21/h5-12,16,19,22,24,26H,13-15,17-18H2,1-4H3,(H,30,34)/t22-,24-,26+/m1/s1. The summed E-state index contributed by atoms with van der Waals surface area (Å²) in [5, 5.41) is 7.67. The fourth-order valence-electron chi connectivity index (χ4n) is 5.66. The number of ether oxygens (including phenoxy) is 2. The molecule has 3 aliphatic heterocycles. The Hall–Kier alpha value is -3.32. The van der Waals surface area contributed by atoms with E-state index in [9.17, 15) is 4.79 Å². The molecule has 1 unspecified atom stereocenters. The van der Waals surface area contributed by atoms with Crippen molar-refractivity contribution in [3.63, 3.8) is 0 Å². The Balaban J connectivity index is 1.18. The third-order valence-corrected chi connectivity index (χ3v) is 7.79. The number of nitrogens with zero attached hydrogens (tertiary/aromatic N) is 3. The molecule has 1 aromatic heterocycles. The molecule has 1 N–H and O–H groups in total. The molecule has 4 atom stereocenters. The number of aromatic nitrogens is 2. The van der Waals surface area contributed by atoms with Crippen molar-refractivity contribution in [1.82, 2.24) is 14.7 Å². The van der Waals surface area contributed by atoms with E-state index in [2.05, 4.69) is 42.3 Å². The summed E-state index contributed by atoms with van der Waals surface area (Å²) in [6, 6.07) is 18.5. The van der Waals surface area contributed by atoms with Crippen LogP contribution in [0.1, 0.15) is 49.8 Å². The van der Waals surface area contributed by atoms with Gasteiger partial charge in [-0.3, -0.25) is 14.9 Å². The molecule has 4 heterocycles. The minimum absolute atomic E-state index is 0.267. The zero-order valence-electron chi connectivity index (χ0n) is 21.6. The van der Waals surface area contributed by atoms with Gasteiger partial charge in [0.1, 0.15) is 12.4 Å². The molecule has 2 aromatic carbocycles. The largest absolute Gasteiger partial charge is 0.497 e. The summed E-state index contributed by atoms with van der Waals surface area (Å²) in [6.07, 6.45) is 1.81. The molecule has 2 bridgehead atoms. The normalized spacial score (nSPS) is 23.0. The fourth-order valence-corrected chi connectivity index (χ4v) is 5.66. The van der Waals surface area contributed by atoms with Crippen LogP contribution in [0.5, 0.6) is 5.75 Å². The van der Waals surface area contributed by atoms with Crippen LogP contribution in [0.15, 0.2) is 54.6 Å². The number of benzene rings is 2. The van der Waals surface area contributed by atoms with Crippen molar-refractivity contribution >= 4 is 11.8 Å². The molecule has 7 nitrogen and oxygen atoms in total. The lowest BCUT2D eigenvalue weighted by Gasteiger charge is -2.49. The third-order valence-electron chi connectivity index (χ3n) is 7.79. The molecule has 0 saturated carbocycles. The number of methoxy groups -OCH3 is 1. The molecule has 3 aliphatic rings. The second-order valence-corrected chi connectivity index (χ2v) is 10.3. The summed E-state index contributed by atoms with van der Waals surface area (Å²) in [7, 11) is 3.72. The lowest BCUT2D eigenvalue weighted by Crippen LogP contribution is -2.54. The number of fused-ring (bicyclic) bond motifs is 3. The second-order valence-electron chi connectivity index (χ2n) is 10.3.